The van der Waals surface area contributed by atoms with Crippen LogP contribution in [0.15, 0.2) is 24.3 Å². The standard InChI is InChI=1S/C6H5NO3.C2H6O/c8-6-4-2-1-3-5(6)7(9)10;1-3-2/h1-4,8H;1-2H3. The Balaban J connectivity index is 0.000000424. The molecule has 0 radical (unpaired) electrons. The lowest BCUT2D eigenvalue weighted by atomic mass is 10.3. The molecular weight excluding hydrogens is 174 g/mol. The molecule has 0 bridgehead atoms. The minimum Gasteiger partial charge on any atom is -0.502 e. The smallest absolute Gasteiger partial charge is 0.310 e. The van der Waals surface area contributed by atoms with Crippen LogP contribution >= 0.6 is 0 Å². The van der Waals surface area contributed by atoms with Gasteiger partial charge in [0.2, 0.25) is 0 Å². The molecule has 72 valence electrons. The van der Waals surface area contributed by atoms with Gasteiger partial charge in [-0.2, -0.15) is 0 Å². The lowest BCUT2D eigenvalue weighted by Gasteiger charge is -1.91. The van der Waals surface area contributed by atoms with Gasteiger partial charge in [-0.25, -0.2) is 0 Å². The summed E-state index contributed by atoms with van der Waals surface area (Å²) >= 11 is 0. The van der Waals surface area contributed by atoms with Gasteiger partial charge in [0.15, 0.2) is 5.75 Å². The number of methoxy groups -OCH3 is 1. The van der Waals surface area contributed by atoms with E-state index in [4.69, 9.17) is 5.11 Å². The second-order valence-electron chi connectivity index (χ2n) is 2.15. The first-order chi connectivity index (χ1) is 6.13. The van der Waals surface area contributed by atoms with Gasteiger partial charge in [-0.15, -0.1) is 0 Å². The van der Waals surface area contributed by atoms with E-state index in [0.717, 1.165) is 0 Å². The van der Waals surface area contributed by atoms with E-state index in [-0.39, 0.29) is 11.4 Å². The summed E-state index contributed by atoms with van der Waals surface area (Å²) in [5.74, 6) is -0.299. The maximum absolute atomic E-state index is 10.1. The number of para-hydroxylation sites is 2. The van der Waals surface area contributed by atoms with E-state index in [0.29, 0.717) is 0 Å². The van der Waals surface area contributed by atoms with E-state index in [9.17, 15) is 10.1 Å². The SMILES string of the molecule is COC.O=[N+]([O-])c1ccccc1O. The molecule has 0 aliphatic carbocycles. The molecule has 1 N–H and O–H groups in total. The average molecular weight is 185 g/mol. The molecule has 0 amide bonds. The molecule has 1 aromatic rings. The van der Waals surface area contributed by atoms with Gasteiger partial charge in [0.05, 0.1) is 4.92 Å². The number of aromatic hydroxyl groups is 1. The summed E-state index contributed by atoms with van der Waals surface area (Å²) in [5, 5.41) is 18.9. The highest BCUT2D eigenvalue weighted by Crippen LogP contribution is 2.23. The van der Waals surface area contributed by atoms with Gasteiger partial charge in [-0.1, -0.05) is 12.1 Å². The molecule has 0 spiro atoms. The lowest BCUT2D eigenvalue weighted by Crippen LogP contribution is -1.86. The number of phenolic OH excluding ortho intramolecular Hbond substituents is 1. The lowest BCUT2D eigenvalue weighted by molar-refractivity contribution is -0.385. The fourth-order valence-corrected chi connectivity index (χ4v) is 0.619. The van der Waals surface area contributed by atoms with Crippen molar-refractivity contribution in [3.63, 3.8) is 0 Å². The second kappa shape index (κ2) is 5.96. The topological polar surface area (TPSA) is 72.6 Å². The Hall–Kier alpha value is -1.62. The molecule has 0 aliphatic heterocycles. The highest BCUT2D eigenvalue weighted by atomic mass is 16.6. The molecule has 5 heteroatoms. The molecule has 0 saturated carbocycles. The van der Waals surface area contributed by atoms with Crippen LogP contribution < -0.4 is 0 Å². The molecule has 0 fully saturated rings. The van der Waals surface area contributed by atoms with E-state index in [1.807, 2.05) is 0 Å². The van der Waals surface area contributed by atoms with Crippen LogP contribution in [0.5, 0.6) is 5.75 Å². The molecule has 5 nitrogen and oxygen atoms in total. The summed E-state index contributed by atoms with van der Waals surface area (Å²) < 4.78 is 4.25. The number of nitro benzene ring substituents is 1. The van der Waals surface area contributed by atoms with Crippen molar-refractivity contribution in [3.8, 4) is 5.75 Å². The van der Waals surface area contributed by atoms with Gasteiger partial charge in [-0.05, 0) is 6.07 Å². The molecule has 13 heavy (non-hydrogen) atoms. The number of ether oxygens (including phenoxy) is 1. The summed E-state index contributed by atoms with van der Waals surface area (Å²) in [5.41, 5.74) is -0.262. The van der Waals surface area contributed by atoms with E-state index < -0.39 is 4.92 Å². The van der Waals surface area contributed by atoms with Crippen molar-refractivity contribution in [3.05, 3.63) is 34.4 Å². The molecule has 1 rings (SSSR count). The summed E-state index contributed by atoms with van der Waals surface area (Å²) in [6.07, 6.45) is 0. The number of nitro groups is 1. The Bertz CT molecular complexity index is 275. The minimum absolute atomic E-state index is 0.262. The summed E-state index contributed by atoms with van der Waals surface area (Å²) in [4.78, 5) is 9.44. The van der Waals surface area contributed by atoms with Crippen molar-refractivity contribution < 1.29 is 14.8 Å². The Labute approximate surface area is 75.7 Å². The fraction of sp³-hybridized carbons (Fsp3) is 0.250. The van der Waals surface area contributed by atoms with Crippen LogP contribution in [-0.2, 0) is 4.74 Å². The Morgan fingerprint density at radius 2 is 1.85 bits per heavy atom. The monoisotopic (exact) mass is 185 g/mol. The first kappa shape index (κ1) is 11.4. The number of rotatable bonds is 1. The highest BCUT2D eigenvalue weighted by Gasteiger charge is 2.09. The van der Waals surface area contributed by atoms with E-state index in [1.54, 1.807) is 14.2 Å². The van der Waals surface area contributed by atoms with Crippen LogP contribution in [0, 0.1) is 10.1 Å². The zero-order valence-electron chi connectivity index (χ0n) is 7.43. The fourth-order valence-electron chi connectivity index (χ4n) is 0.619. The van der Waals surface area contributed by atoms with Gasteiger partial charge in [-0.3, -0.25) is 10.1 Å². The third-order valence-electron chi connectivity index (χ3n) is 1.08. The van der Waals surface area contributed by atoms with Gasteiger partial charge >= 0.3 is 5.69 Å². The van der Waals surface area contributed by atoms with Gasteiger partial charge in [0, 0.05) is 20.3 Å². The van der Waals surface area contributed by atoms with Crippen molar-refractivity contribution >= 4 is 5.69 Å². The van der Waals surface area contributed by atoms with Crippen LogP contribution in [0.4, 0.5) is 5.69 Å². The zero-order chi connectivity index (χ0) is 10.3. The van der Waals surface area contributed by atoms with Crippen LogP contribution in [0.1, 0.15) is 0 Å². The molecule has 0 saturated heterocycles. The maximum Gasteiger partial charge on any atom is 0.310 e. The third-order valence-corrected chi connectivity index (χ3v) is 1.08. The summed E-state index contributed by atoms with van der Waals surface area (Å²) in [6.45, 7) is 0. The van der Waals surface area contributed by atoms with E-state index >= 15 is 0 Å². The van der Waals surface area contributed by atoms with Gasteiger partial charge < -0.3 is 9.84 Å². The Kier molecular flexibility index (Phi) is 5.22. The van der Waals surface area contributed by atoms with Crippen molar-refractivity contribution in [2.24, 2.45) is 0 Å². The number of benzene rings is 1. The van der Waals surface area contributed by atoms with Crippen LogP contribution in [0.25, 0.3) is 0 Å². The second-order valence-corrected chi connectivity index (χ2v) is 2.15. The first-order valence-corrected chi connectivity index (χ1v) is 3.46. The van der Waals surface area contributed by atoms with Crippen molar-refractivity contribution in [1.82, 2.24) is 0 Å². The molecule has 0 heterocycles. The highest BCUT2D eigenvalue weighted by molar-refractivity contribution is 5.44. The zero-order valence-corrected chi connectivity index (χ0v) is 7.43. The quantitative estimate of drug-likeness (QED) is 0.532. The maximum atomic E-state index is 10.1. The predicted molar refractivity (Wildman–Crippen MR) is 47.7 cm³/mol. The Morgan fingerprint density at radius 3 is 2.15 bits per heavy atom. The number of nitrogens with zero attached hydrogens (tertiary/aromatic N) is 1. The van der Waals surface area contributed by atoms with Crippen LogP contribution in [0.3, 0.4) is 0 Å². The van der Waals surface area contributed by atoms with Gasteiger partial charge in [0.1, 0.15) is 0 Å². The molecule has 1 aromatic carbocycles. The molecule has 0 aromatic heterocycles. The van der Waals surface area contributed by atoms with E-state index in [1.165, 1.54) is 24.3 Å². The summed E-state index contributed by atoms with van der Waals surface area (Å²) in [7, 11) is 3.25. The first-order valence-electron chi connectivity index (χ1n) is 3.46. The number of hydrogen-bond donors (Lipinski definition) is 1. The van der Waals surface area contributed by atoms with E-state index in [2.05, 4.69) is 4.74 Å². The third kappa shape index (κ3) is 4.07. The minimum atomic E-state index is -0.630. The molecule has 0 unspecified atom stereocenters. The normalized spacial score (nSPS) is 8.46. The summed E-state index contributed by atoms with van der Waals surface area (Å²) in [6, 6.07) is 5.55. The van der Waals surface area contributed by atoms with Crippen molar-refractivity contribution in [2.75, 3.05) is 14.2 Å². The largest absolute Gasteiger partial charge is 0.502 e. The van der Waals surface area contributed by atoms with Crippen molar-refractivity contribution in [1.29, 1.82) is 0 Å². The van der Waals surface area contributed by atoms with Gasteiger partial charge in [0.25, 0.3) is 0 Å². The molecule has 0 atom stereocenters. The predicted octanol–water partition coefficient (Wildman–Crippen LogP) is 1.56. The average Bonchev–Trinajstić information content (AvgIpc) is 2.06. The molecular formula is C8H11NO4. The number of phenols is 1. The molecule has 0 aliphatic rings. The van der Waals surface area contributed by atoms with Crippen LogP contribution in [0.2, 0.25) is 0 Å². The number of hydrogen-bond acceptors (Lipinski definition) is 4. The Morgan fingerprint density at radius 1 is 1.38 bits per heavy atom. The van der Waals surface area contributed by atoms with Crippen molar-refractivity contribution in [2.45, 2.75) is 0 Å². The van der Waals surface area contributed by atoms with Crippen LogP contribution in [-0.4, -0.2) is 24.2 Å².